The molecule has 2 N–H and O–H groups in total. The Hall–Kier alpha value is -1.10. The van der Waals surface area contributed by atoms with Crippen molar-refractivity contribution in [3.05, 3.63) is 29.8 Å². The van der Waals surface area contributed by atoms with E-state index in [0.29, 0.717) is 6.54 Å². The average Bonchev–Trinajstić information content (AvgIpc) is 2.42. The lowest BCUT2D eigenvalue weighted by atomic mass is 10.1. The quantitative estimate of drug-likeness (QED) is 0.679. The number of anilines is 1. The minimum atomic E-state index is 0.565. The monoisotopic (exact) mass is 252 g/mol. The van der Waals surface area contributed by atoms with Crippen molar-refractivity contribution in [2.45, 2.75) is 13.0 Å². The standard InChI is InChI=1S/C14H24N2O2/c1-16(8-11-18-10-5-9-17-2)14-7-4-3-6-13(14)12-15/h3-4,6-7H,5,8-12,15H2,1-2H3. The van der Waals surface area contributed by atoms with E-state index in [4.69, 9.17) is 15.2 Å². The molecule has 0 aliphatic rings. The van der Waals surface area contributed by atoms with Crippen LogP contribution in [-0.2, 0) is 16.0 Å². The van der Waals surface area contributed by atoms with E-state index in [0.717, 1.165) is 32.8 Å². The van der Waals surface area contributed by atoms with Crippen LogP contribution >= 0.6 is 0 Å². The molecule has 102 valence electrons. The molecular weight excluding hydrogens is 228 g/mol. The van der Waals surface area contributed by atoms with E-state index < -0.39 is 0 Å². The molecule has 0 aromatic heterocycles. The van der Waals surface area contributed by atoms with Gasteiger partial charge in [0.25, 0.3) is 0 Å². The van der Waals surface area contributed by atoms with Gasteiger partial charge in [0, 0.05) is 46.1 Å². The summed E-state index contributed by atoms with van der Waals surface area (Å²) in [6.45, 7) is 3.66. The van der Waals surface area contributed by atoms with Crippen molar-refractivity contribution in [2.75, 3.05) is 45.4 Å². The minimum absolute atomic E-state index is 0.565. The summed E-state index contributed by atoms with van der Waals surface area (Å²) >= 11 is 0. The third-order valence-electron chi connectivity index (χ3n) is 2.83. The summed E-state index contributed by atoms with van der Waals surface area (Å²) in [5.41, 5.74) is 8.07. The average molecular weight is 252 g/mol. The van der Waals surface area contributed by atoms with E-state index in [1.807, 2.05) is 12.1 Å². The first-order valence-corrected chi connectivity index (χ1v) is 6.35. The van der Waals surface area contributed by atoms with Crippen molar-refractivity contribution in [1.29, 1.82) is 0 Å². The highest BCUT2D eigenvalue weighted by Crippen LogP contribution is 2.17. The first kappa shape index (κ1) is 15.0. The fraction of sp³-hybridized carbons (Fsp3) is 0.571. The van der Waals surface area contributed by atoms with Gasteiger partial charge < -0.3 is 20.1 Å². The van der Waals surface area contributed by atoms with Gasteiger partial charge in [0.2, 0.25) is 0 Å². The second kappa shape index (κ2) is 8.91. The van der Waals surface area contributed by atoms with E-state index in [2.05, 4.69) is 24.1 Å². The van der Waals surface area contributed by atoms with Gasteiger partial charge in [-0.1, -0.05) is 18.2 Å². The summed E-state index contributed by atoms with van der Waals surface area (Å²) in [6.07, 6.45) is 0.944. The van der Waals surface area contributed by atoms with Crippen LogP contribution in [0.25, 0.3) is 0 Å². The smallest absolute Gasteiger partial charge is 0.0641 e. The van der Waals surface area contributed by atoms with E-state index in [9.17, 15) is 0 Å². The Bertz CT molecular complexity index is 331. The molecule has 1 aromatic carbocycles. The molecule has 0 aliphatic carbocycles. The van der Waals surface area contributed by atoms with Gasteiger partial charge in [-0.05, 0) is 18.1 Å². The molecule has 0 heterocycles. The SMILES string of the molecule is COCCCOCCN(C)c1ccccc1CN. The predicted molar refractivity (Wildman–Crippen MR) is 74.9 cm³/mol. The molecule has 1 aromatic rings. The fourth-order valence-electron chi connectivity index (χ4n) is 1.79. The molecule has 0 saturated carbocycles. The van der Waals surface area contributed by atoms with Gasteiger partial charge in [0.15, 0.2) is 0 Å². The van der Waals surface area contributed by atoms with Crippen molar-refractivity contribution in [1.82, 2.24) is 0 Å². The minimum Gasteiger partial charge on any atom is -0.385 e. The van der Waals surface area contributed by atoms with Crippen LogP contribution in [0.2, 0.25) is 0 Å². The van der Waals surface area contributed by atoms with Crippen LogP contribution in [0.15, 0.2) is 24.3 Å². The van der Waals surface area contributed by atoms with Gasteiger partial charge in [-0.15, -0.1) is 0 Å². The van der Waals surface area contributed by atoms with E-state index >= 15 is 0 Å². The molecule has 4 nitrogen and oxygen atoms in total. The number of rotatable bonds is 9. The molecule has 0 bridgehead atoms. The molecule has 4 heteroatoms. The third-order valence-corrected chi connectivity index (χ3v) is 2.83. The largest absolute Gasteiger partial charge is 0.385 e. The van der Waals surface area contributed by atoms with Crippen LogP contribution in [0, 0.1) is 0 Å². The van der Waals surface area contributed by atoms with Crippen molar-refractivity contribution in [3.63, 3.8) is 0 Å². The summed E-state index contributed by atoms with van der Waals surface area (Å²) in [7, 11) is 3.77. The zero-order valence-corrected chi connectivity index (χ0v) is 11.4. The topological polar surface area (TPSA) is 47.7 Å². The maximum absolute atomic E-state index is 5.73. The van der Waals surface area contributed by atoms with Gasteiger partial charge >= 0.3 is 0 Å². The molecular formula is C14H24N2O2. The second-order valence-corrected chi connectivity index (χ2v) is 4.21. The van der Waals surface area contributed by atoms with Crippen LogP contribution in [0.5, 0.6) is 0 Å². The summed E-state index contributed by atoms with van der Waals surface area (Å²) in [6, 6.07) is 8.20. The molecule has 0 aliphatic heterocycles. The molecule has 0 saturated heterocycles. The number of hydrogen-bond acceptors (Lipinski definition) is 4. The molecule has 0 atom stereocenters. The number of ether oxygens (including phenoxy) is 2. The van der Waals surface area contributed by atoms with Crippen LogP contribution in [-0.4, -0.2) is 40.5 Å². The lowest BCUT2D eigenvalue weighted by Gasteiger charge is -2.22. The lowest BCUT2D eigenvalue weighted by Crippen LogP contribution is -2.24. The van der Waals surface area contributed by atoms with Crippen molar-refractivity contribution < 1.29 is 9.47 Å². The highest BCUT2D eigenvalue weighted by atomic mass is 16.5. The number of likely N-dealkylation sites (N-methyl/N-ethyl adjacent to an activating group) is 1. The van der Waals surface area contributed by atoms with Crippen LogP contribution in [0.1, 0.15) is 12.0 Å². The van der Waals surface area contributed by atoms with E-state index in [-0.39, 0.29) is 0 Å². The van der Waals surface area contributed by atoms with Gasteiger partial charge in [-0.2, -0.15) is 0 Å². The maximum Gasteiger partial charge on any atom is 0.0641 e. The van der Waals surface area contributed by atoms with Gasteiger partial charge in [-0.3, -0.25) is 0 Å². The molecule has 0 unspecified atom stereocenters. The Morgan fingerprint density at radius 2 is 1.94 bits per heavy atom. The van der Waals surface area contributed by atoms with Crippen molar-refractivity contribution in [3.8, 4) is 0 Å². The van der Waals surface area contributed by atoms with Gasteiger partial charge in [-0.25, -0.2) is 0 Å². The Balaban J connectivity index is 2.29. The predicted octanol–water partition coefficient (Wildman–Crippen LogP) is 1.63. The normalized spacial score (nSPS) is 10.6. The number of nitrogens with zero attached hydrogens (tertiary/aromatic N) is 1. The molecule has 1 rings (SSSR count). The zero-order valence-electron chi connectivity index (χ0n) is 11.4. The van der Waals surface area contributed by atoms with Crippen LogP contribution in [0.3, 0.4) is 0 Å². The summed E-state index contributed by atoms with van der Waals surface area (Å²) in [4.78, 5) is 2.18. The number of nitrogens with two attached hydrogens (primary N) is 1. The molecule has 0 spiro atoms. The Kier molecular flexibility index (Phi) is 7.41. The highest BCUT2D eigenvalue weighted by molar-refractivity contribution is 5.52. The molecule has 0 amide bonds. The zero-order chi connectivity index (χ0) is 13.2. The van der Waals surface area contributed by atoms with E-state index in [1.165, 1.54) is 11.3 Å². The van der Waals surface area contributed by atoms with Crippen LogP contribution < -0.4 is 10.6 Å². The molecule has 0 fully saturated rings. The number of hydrogen-bond donors (Lipinski definition) is 1. The maximum atomic E-state index is 5.73. The van der Waals surface area contributed by atoms with Gasteiger partial charge in [0.05, 0.1) is 6.61 Å². The molecule has 18 heavy (non-hydrogen) atoms. The summed E-state index contributed by atoms with van der Waals surface area (Å²) in [5, 5.41) is 0. The fourth-order valence-corrected chi connectivity index (χ4v) is 1.79. The summed E-state index contributed by atoms with van der Waals surface area (Å²) < 4.78 is 10.5. The number of methoxy groups -OCH3 is 1. The van der Waals surface area contributed by atoms with Crippen LogP contribution in [0.4, 0.5) is 5.69 Å². The highest BCUT2D eigenvalue weighted by Gasteiger charge is 2.04. The van der Waals surface area contributed by atoms with Gasteiger partial charge in [0.1, 0.15) is 0 Å². The number of benzene rings is 1. The third kappa shape index (κ3) is 5.04. The Labute approximate surface area is 110 Å². The van der Waals surface area contributed by atoms with Crippen molar-refractivity contribution >= 4 is 5.69 Å². The first-order valence-electron chi connectivity index (χ1n) is 6.35. The summed E-state index contributed by atoms with van der Waals surface area (Å²) in [5.74, 6) is 0. The second-order valence-electron chi connectivity index (χ2n) is 4.21. The van der Waals surface area contributed by atoms with E-state index in [1.54, 1.807) is 7.11 Å². The Morgan fingerprint density at radius 3 is 2.67 bits per heavy atom. The van der Waals surface area contributed by atoms with Crippen molar-refractivity contribution in [2.24, 2.45) is 5.73 Å². The number of para-hydroxylation sites is 1. The lowest BCUT2D eigenvalue weighted by molar-refractivity contribution is 0.107. The molecule has 0 radical (unpaired) electrons. The first-order chi connectivity index (χ1) is 8.79. The Morgan fingerprint density at radius 1 is 1.17 bits per heavy atom.